The van der Waals surface area contributed by atoms with Gasteiger partial charge in [0.25, 0.3) is 5.56 Å². The Labute approximate surface area is 102 Å². The van der Waals surface area contributed by atoms with Crippen LogP contribution >= 0.6 is 0 Å². The van der Waals surface area contributed by atoms with E-state index < -0.39 is 29.7 Å². The fourth-order valence-electron chi connectivity index (χ4n) is 1.85. The van der Waals surface area contributed by atoms with Crippen LogP contribution in [0.15, 0.2) is 15.8 Å². The maximum Gasteiger partial charge on any atom is 0.330 e. The standard InChI is InChI=1S/C11H12N2O5/c1-2-6-4-13(11(17)12-10(6)16)9-3-7(15)8(5-14)18-9/h1,4,7-9,14-15H,3,5H2,(H,12,16,17)/t7-,8+,9+/m1/s1. The van der Waals surface area contributed by atoms with Crippen LogP contribution < -0.4 is 11.2 Å². The van der Waals surface area contributed by atoms with Crippen molar-refractivity contribution in [3.05, 3.63) is 32.6 Å². The zero-order chi connectivity index (χ0) is 13.3. The number of aromatic nitrogens is 2. The second kappa shape index (κ2) is 4.78. The number of ether oxygens (including phenoxy) is 1. The number of nitrogens with one attached hydrogen (secondary N) is 1. The number of aliphatic hydroxyl groups excluding tert-OH is 2. The Bertz CT molecular complexity index is 597. The highest BCUT2D eigenvalue weighted by Gasteiger charge is 2.35. The predicted octanol–water partition coefficient (Wildman–Crippen LogP) is -1.84. The summed E-state index contributed by atoms with van der Waals surface area (Å²) in [5, 5.41) is 18.5. The SMILES string of the molecule is C#Cc1cn([C@@H]2C[C@@H](O)[C@H](CO)O2)c(=O)[nH]c1=O. The number of nitrogens with zero attached hydrogens (tertiary/aromatic N) is 1. The molecule has 1 aliphatic heterocycles. The monoisotopic (exact) mass is 252 g/mol. The van der Waals surface area contributed by atoms with Crippen molar-refractivity contribution in [2.45, 2.75) is 24.9 Å². The van der Waals surface area contributed by atoms with Crippen molar-refractivity contribution in [1.29, 1.82) is 0 Å². The van der Waals surface area contributed by atoms with Crippen LogP contribution in [0.2, 0.25) is 0 Å². The maximum absolute atomic E-state index is 11.6. The minimum absolute atomic E-state index is 0.000128. The lowest BCUT2D eigenvalue weighted by molar-refractivity contribution is -0.0459. The summed E-state index contributed by atoms with van der Waals surface area (Å²) in [7, 11) is 0. The van der Waals surface area contributed by atoms with Crippen molar-refractivity contribution in [3.8, 4) is 12.3 Å². The summed E-state index contributed by atoms with van der Waals surface area (Å²) < 4.78 is 6.41. The lowest BCUT2D eigenvalue weighted by Crippen LogP contribution is -2.33. The van der Waals surface area contributed by atoms with Gasteiger partial charge >= 0.3 is 5.69 Å². The van der Waals surface area contributed by atoms with Gasteiger partial charge in [0.05, 0.1) is 12.7 Å². The van der Waals surface area contributed by atoms with Crippen LogP contribution in [0.3, 0.4) is 0 Å². The zero-order valence-electron chi connectivity index (χ0n) is 9.37. The number of aromatic amines is 1. The molecule has 0 amide bonds. The molecule has 3 atom stereocenters. The molecule has 7 heteroatoms. The van der Waals surface area contributed by atoms with Crippen molar-refractivity contribution < 1.29 is 14.9 Å². The van der Waals surface area contributed by atoms with Crippen LogP contribution in [-0.4, -0.2) is 38.6 Å². The molecule has 0 bridgehead atoms. The molecule has 1 fully saturated rings. The summed E-state index contributed by atoms with van der Waals surface area (Å²) in [4.78, 5) is 25.0. The van der Waals surface area contributed by atoms with Crippen molar-refractivity contribution in [3.63, 3.8) is 0 Å². The quantitative estimate of drug-likeness (QED) is 0.536. The van der Waals surface area contributed by atoms with Gasteiger partial charge in [0, 0.05) is 12.6 Å². The molecular formula is C11H12N2O5. The molecule has 0 saturated carbocycles. The molecule has 0 spiro atoms. The van der Waals surface area contributed by atoms with Crippen LogP contribution in [0.5, 0.6) is 0 Å². The number of hydrogen-bond donors (Lipinski definition) is 3. The molecule has 7 nitrogen and oxygen atoms in total. The minimum atomic E-state index is -0.867. The van der Waals surface area contributed by atoms with Gasteiger partial charge in [-0.25, -0.2) is 4.79 Å². The second-order valence-corrected chi connectivity index (χ2v) is 3.97. The molecule has 0 radical (unpaired) electrons. The predicted molar refractivity (Wildman–Crippen MR) is 60.9 cm³/mol. The highest BCUT2D eigenvalue weighted by Crippen LogP contribution is 2.27. The number of terminal acetylenes is 1. The first-order chi connectivity index (χ1) is 8.56. The topological polar surface area (TPSA) is 105 Å². The second-order valence-electron chi connectivity index (χ2n) is 3.97. The third-order valence-electron chi connectivity index (χ3n) is 2.82. The van der Waals surface area contributed by atoms with Crippen LogP contribution in [0, 0.1) is 12.3 Å². The number of rotatable bonds is 2. The highest BCUT2D eigenvalue weighted by molar-refractivity contribution is 5.26. The molecular weight excluding hydrogens is 240 g/mol. The van der Waals surface area contributed by atoms with Gasteiger partial charge in [0.1, 0.15) is 17.9 Å². The van der Waals surface area contributed by atoms with Crippen molar-refractivity contribution in [2.75, 3.05) is 6.61 Å². The highest BCUT2D eigenvalue weighted by atomic mass is 16.5. The third kappa shape index (κ3) is 2.09. The number of hydrogen-bond acceptors (Lipinski definition) is 5. The molecule has 2 rings (SSSR count). The van der Waals surface area contributed by atoms with E-state index in [0.29, 0.717) is 0 Å². The average Bonchev–Trinajstić information content (AvgIpc) is 2.70. The van der Waals surface area contributed by atoms with Crippen molar-refractivity contribution >= 4 is 0 Å². The molecule has 2 heterocycles. The number of aliphatic hydroxyl groups is 2. The minimum Gasteiger partial charge on any atom is -0.394 e. The summed E-state index contributed by atoms with van der Waals surface area (Å²) in [5.74, 6) is 2.15. The Kier molecular flexibility index (Phi) is 3.34. The van der Waals surface area contributed by atoms with E-state index in [1.807, 2.05) is 0 Å². The first-order valence-corrected chi connectivity index (χ1v) is 5.33. The largest absolute Gasteiger partial charge is 0.394 e. The fraction of sp³-hybridized carbons (Fsp3) is 0.455. The lowest BCUT2D eigenvalue weighted by Gasteiger charge is -2.14. The zero-order valence-corrected chi connectivity index (χ0v) is 9.37. The van der Waals surface area contributed by atoms with E-state index in [4.69, 9.17) is 16.3 Å². The lowest BCUT2D eigenvalue weighted by atomic mass is 10.2. The first-order valence-electron chi connectivity index (χ1n) is 5.33. The first kappa shape index (κ1) is 12.6. The van der Waals surface area contributed by atoms with E-state index in [9.17, 15) is 14.7 Å². The van der Waals surface area contributed by atoms with E-state index in [0.717, 1.165) is 4.57 Å². The van der Waals surface area contributed by atoms with Gasteiger partial charge in [-0.3, -0.25) is 14.3 Å². The van der Waals surface area contributed by atoms with Gasteiger partial charge < -0.3 is 14.9 Å². The van der Waals surface area contributed by atoms with E-state index in [2.05, 4.69) is 10.9 Å². The Morgan fingerprint density at radius 2 is 2.33 bits per heavy atom. The Morgan fingerprint density at radius 1 is 1.61 bits per heavy atom. The van der Waals surface area contributed by atoms with Crippen LogP contribution in [0.4, 0.5) is 0 Å². The maximum atomic E-state index is 11.6. The third-order valence-corrected chi connectivity index (χ3v) is 2.82. The van der Waals surface area contributed by atoms with Crippen LogP contribution in [-0.2, 0) is 4.74 Å². The Balaban J connectivity index is 2.39. The molecule has 1 saturated heterocycles. The molecule has 0 unspecified atom stereocenters. The van der Waals surface area contributed by atoms with Crippen molar-refractivity contribution in [2.24, 2.45) is 0 Å². The summed E-state index contributed by atoms with van der Waals surface area (Å²) in [5.41, 5.74) is -1.31. The molecule has 1 aromatic heterocycles. The van der Waals surface area contributed by atoms with E-state index in [1.165, 1.54) is 6.20 Å². The molecule has 1 aromatic rings. The molecule has 1 aliphatic rings. The van der Waals surface area contributed by atoms with Gasteiger partial charge in [0.15, 0.2) is 0 Å². The Morgan fingerprint density at radius 3 is 2.89 bits per heavy atom. The number of H-pyrrole nitrogens is 1. The summed E-state index contributed by atoms with van der Waals surface area (Å²) in [6.45, 7) is -0.349. The Hall–Kier alpha value is -1.88. The fourth-order valence-corrected chi connectivity index (χ4v) is 1.85. The normalized spacial score (nSPS) is 27.1. The summed E-state index contributed by atoms with van der Waals surface area (Å²) in [6, 6.07) is 0. The van der Waals surface area contributed by atoms with Gasteiger partial charge in [-0.2, -0.15) is 0 Å². The van der Waals surface area contributed by atoms with Gasteiger partial charge in [-0.15, -0.1) is 6.42 Å². The summed E-state index contributed by atoms with van der Waals surface area (Å²) >= 11 is 0. The molecule has 0 aliphatic carbocycles. The van der Waals surface area contributed by atoms with E-state index in [-0.39, 0.29) is 18.6 Å². The smallest absolute Gasteiger partial charge is 0.330 e. The van der Waals surface area contributed by atoms with E-state index >= 15 is 0 Å². The summed E-state index contributed by atoms with van der Waals surface area (Å²) in [6.07, 6.45) is 4.11. The van der Waals surface area contributed by atoms with Crippen LogP contribution in [0.25, 0.3) is 0 Å². The molecule has 18 heavy (non-hydrogen) atoms. The molecule has 3 N–H and O–H groups in total. The molecule has 0 aromatic carbocycles. The van der Waals surface area contributed by atoms with Crippen molar-refractivity contribution in [1.82, 2.24) is 9.55 Å². The van der Waals surface area contributed by atoms with Gasteiger partial charge in [-0.1, -0.05) is 5.92 Å². The average molecular weight is 252 g/mol. The van der Waals surface area contributed by atoms with Gasteiger partial charge in [0.2, 0.25) is 0 Å². The van der Waals surface area contributed by atoms with Gasteiger partial charge in [-0.05, 0) is 0 Å². The molecule has 96 valence electrons. The van der Waals surface area contributed by atoms with E-state index in [1.54, 1.807) is 0 Å². The van der Waals surface area contributed by atoms with Crippen LogP contribution in [0.1, 0.15) is 18.2 Å².